The van der Waals surface area contributed by atoms with Crippen LogP contribution < -0.4 is 11.2 Å². The van der Waals surface area contributed by atoms with E-state index in [2.05, 4.69) is 17.5 Å². The summed E-state index contributed by atoms with van der Waals surface area (Å²) in [6.45, 7) is 2.29. The van der Waals surface area contributed by atoms with Gasteiger partial charge in [-0.2, -0.15) is 5.10 Å². The molecule has 0 saturated heterocycles. The van der Waals surface area contributed by atoms with Crippen molar-refractivity contribution >= 4 is 11.7 Å². The maximum atomic E-state index is 10.8. The zero-order valence-electron chi connectivity index (χ0n) is 13.7. The molecule has 1 atom stereocenters. The topological polar surface area (TPSA) is 67.5 Å². The number of nitrogens with two attached hydrogens (primary N) is 1. The number of carbonyl (C=O) groups is 1. The summed E-state index contributed by atoms with van der Waals surface area (Å²) >= 11 is 0. The second-order valence-electron chi connectivity index (χ2n) is 6.54. The monoisotopic (exact) mass is 295 g/mol. The Hall–Kier alpha value is -1.06. The smallest absolute Gasteiger partial charge is 0.332 e. The minimum absolute atomic E-state index is 0.564. The van der Waals surface area contributed by atoms with Crippen LogP contribution in [0.1, 0.15) is 90.4 Å². The average molecular weight is 295 g/mol. The predicted molar refractivity (Wildman–Crippen MR) is 89.3 cm³/mol. The first kappa shape index (κ1) is 18.0. The maximum Gasteiger partial charge on any atom is 0.332 e. The van der Waals surface area contributed by atoms with Crippen LogP contribution in [0.5, 0.6) is 0 Å². The van der Waals surface area contributed by atoms with Crippen molar-refractivity contribution in [1.82, 2.24) is 5.43 Å². The molecule has 21 heavy (non-hydrogen) atoms. The van der Waals surface area contributed by atoms with Gasteiger partial charge in [0.25, 0.3) is 0 Å². The first-order valence-electron chi connectivity index (χ1n) is 8.79. The van der Waals surface area contributed by atoms with Gasteiger partial charge < -0.3 is 5.73 Å². The van der Waals surface area contributed by atoms with Crippen molar-refractivity contribution in [2.24, 2.45) is 16.8 Å². The van der Waals surface area contributed by atoms with E-state index in [-0.39, 0.29) is 0 Å². The highest BCUT2D eigenvalue weighted by Crippen LogP contribution is 2.19. The molecule has 4 heteroatoms. The van der Waals surface area contributed by atoms with Crippen LogP contribution in [0.25, 0.3) is 0 Å². The molecule has 0 aromatic rings. The molecule has 1 unspecified atom stereocenters. The van der Waals surface area contributed by atoms with Gasteiger partial charge in [0.05, 0.1) is 0 Å². The van der Waals surface area contributed by atoms with Gasteiger partial charge in [0.15, 0.2) is 0 Å². The summed E-state index contributed by atoms with van der Waals surface area (Å²) in [5.41, 5.74) is 8.63. The molecule has 0 heterocycles. The number of nitrogens with zero attached hydrogens (tertiary/aromatic N) is 1. The Bertz CT molecular complexity index is 315. The van der Waals surface area contributed by atoms with Crippen molar-refractivity contribution in [3.63, 3.8) is 0 Å². The highest BCUT2D eigenvalue weighted by molar-refractivity contribution is 5.86. The van der Waals surface area contributed by atoms with E-state index in [1.165, 1.54) is 70.6 Å². The van der Waals surface area contributed by atoms with Crippen LogP contribution in [-0.4, -0.2) is 11.7 Å². The van der Waals surface area contributed by atoms with Crippen LogP contribution in [0.2, 0.25) is 0 Å². The molecule has 0 radical (unpaired) electrons. The zero-order valence-corrected chi connectivity index (χ0v) is 13.7. The van der Waals surface area contributed by atoms with Gasteiger partial charge in [-0.3, -0.25) is 0 Å². The highest BCUT2D eigenvalue weighted by Gasteiger charge is 2.09. The zero-order chi connectivity index (χ0) is 15.3. The Labute approximate surface area is 129 Å². The maximum absolute atomic E-state index is 10.8. The van der Waals surface area contributed by atoms with Gasteiger partial charge in [0.2, 0.25) is 0 Å². The molecule has 1 saturated carbocycles. The van der Waals surface area contributed by atoms with Crippen molar-refractivity contribution in [3.05, 3.63) is 0 Å². The number of hydrogen-bond donors (Lipinski definition) is 2. The van der Waals surface area contributed by atoms with Crippen molar-refractivity contribution in [2.75, 3.05) is 0 Å². The molecule has 0 bridgehead atoms. The standard InChI is InChI=1S/C17H33N3O/c1-15-12-10-8-6-4-2-3-5-7-9-11-13-16(14-15)19-20-17(18)21/h15H,2-14H2,1H3,(H3,18,20,21)/b19-16+. The second kappa shape index (κ2) is 11.6. The molecule has 0 aliphatic heterocycles. The Morgan fingerprint density at radius 1 is 1.00 bits per heavy atom. The fraction of sp³-hybridized carbons (Fsp3) is 0.882. The number of nitrogens with one attached hydrogen (secondary N) is 1. The van der Waals surface area contributed by atoms with E-state index < -0.39 is 6.03 Å². The fourth-order valence-electron chi connectivity index (χ4n) is 3.08. The highest BCUT2D eigenvalue weighted by atomic mass is 16.2. The number of primary amides is 1. The van der Waals surface area contributed by atoms with Crippen molar-refractivity contribution in [2.45, 2.75) is 90.4 Å². The number of hydrogen-bond acceptors (Lipinski definition) is 2. The van der Waals surface area contributed by atoms with E-state index in [4.69, 9.17) is 5.73 Å². The molecular weight excluding hydrogens is 262 g/mol. The largest absolute Gasteiger partial charge is 0.350 e. The number of urea groups is 1. The normalized spacial score (nSPS) is 25.8. The van der Waals surface area contributed by atoms with Gasteiger partial charge in [0.1, 0.15) is 0 Å². The first-order chi connectivity index (χ1) is 10.2. The Morgan fingerprint density at radius 3 is 2.10 bits per heavy atom. The lowest BCUT2D eigenvalue weighted by Gasteiger charge is -2.13. The van der Waals surface area contributed by atoms with Gasteiger partial charge in [-0.25, -0.2) is 10.2 Å². The number of carbonyl (C=O) groups excluding carboxylic acids is 1. The van der Waals surface area contributed by atoms with Crippen molar-refractivity contribution < 1.29 is 4.79 Å². The van der Waals surface area contributed by atoms with Crippen LogP contribution in [0.15, 0.2) is 5.10 Å². The van der Waals surface area contributed by atoms with E-state index in [0.29, 0.717) is 5.92 Å². The Kier molecular flexibility index (Phi) is 9.92. The average Bonchev–Trinajstić information content (AvgIpc) is 2.45. The lowest BCUT2D eigenvalue weighted by Crippen LogP contribution is -2.26. The van der Waals surface area contributed by atoms with E-state index in [9.17, 15) is 4.79 Å². The molecule has 0 aromatic carbocycles. The van der Waals surface area contributed by atoms with Crippen LogP contribution in [0.3, 0.4) is 0 Å². The van der Waals surface area contributed by atoms with E-state index in [1.807, 2.05) is 0 Å². The lowest BCUT2D eigenvalue weighted by molar-refractivity contribution is 0.249. The molecule has 1 aliphatic rings. The van der Waals surface area contributed by atoms with Crippen LogP contribution in [-0.2, 0) is 0 Å². The minimum Gasteiger partial charge on any atom is -0.350 e. The molecule has 1 rings (SSSR count). The molecule has 2 amide bonds. The SMILES string of the molecule is CC1CCCCCCCCCCCC/C(=N\NC(N)=O)C1. The van der Waals surface area contributed by atoms with Gasteiger partial charge in [-0.15, -0.1) is 0 Å². The predicted octanol–water partition coefficient (Wildman–Crippen LogP) is 4.73. The van der Waals surface area contributed by atoms with Crippen molar-refractivity contribution in [3.8, 4) is 0 Å². The number of rotatable bonds is 1. The second-order valence-corrected chi connectivity index (χ2v) is 6.54. The summed E-state index contributed by atoms with van der Waals surface area (Å²) in [5, 5.41) is 4.21. The summed E-state index contributed by atoms with van der Waals surface area (Å²) in [7, 11) is 0. The van der Waals surface area contributed by atoms with Gasteiger partial charge in [-0.1, -0.05) is 71.1 Å². The third kappa shape index (κ3) is 10.3. The summed E-state index contributed by atoms with van der Waals surface area (Å²) in [6.07, 6.45) is 16.6. The summed E-state index contributed by atoms with van der Waals surface area (Å²) in [5.74, 6) is 0.642. The van der Waals surface area contributed by atoms with E-state index in [1.54, 1.807) is 0 Å². The minimum atomic E-state index is -0.564. The van der Waals surface area contributed by atoms with Gasteiger partial charge in [-0.05, 0) is 25.2 Å². The van der Waals surface area contributed by atoms with E-state index in [0.717, 1.165) is 18.6 Å². The Morgan fingerprint density at radius 2 is 1.52 bits per heavy atom. The lowest BCUT2D eigenvalue weighted by atomic mass is 9.95. The van der Waals surface area contributed by atoms with Crippen LogP contribution >= 0.6 is 0 Å². The molecule has 3 N–H and O–H groups in total. The summed E-state index contributed by atoms with van der Waals surface area (Å²) in [4.78, 5) is 10.8. The van der Waals surface area contributed by atoms with Gasteiger partial charge >= 0.3 is 6.03 Å². The van der Waals surface area contributed by atoms with E-state index >= 15 is 0 Å². The molecule has 0 spiro atoms. The quantitative estimate of drug-likeness (QED) is 0.674. The summed E-state index contributed by atoms with van der Waals surface area (Å²) < 4.78 is 0. The van der Waals surface area contributed by atoms with Crippen LogP contribution in [0.4, 0.5) is 4.79 Å². The van der Waals surface area contributed by atoms with Crippen molar-refractivity contribution in [1.29, 1.82) is 0 Å². The molecular formula is C17H33N3O. The molecule has 4 nitrogen and oxygen atoms in total. The molecule has 1 aliphatic carbocycles. The van der Waals surface area contributed by atoms with Crippen LogP contribution in [0, 0.1) is 5.92 Å². The molecule has 0 aromatic heterocycles. The molecule has 1 fully saturated rings. The fourth-order valence-corrected chi connectivity index (χ4v) is 3.08. The Balaban J connectivity index is 2.47. The first-order valence-corrected chi connectivity index (χ1v) is 8.79. The number of amides is 2. The summed E-state index contributed by atoms with van der Waals surface area (Å²) in [6, 6.07) is -0.564. The molecule has 122 valence electrons. The third-order valence-corrected chi connectivity index (χ3v) is 4.32. The third-order valence-electron chi connectivity index (χ3n) is 4.32. The van der Waals surface area contributed by atoms with Gasteiger partial charge in [0, 0.05) is 5.71 Å². The number of hydrazone groups is 1.